The van der Waals surface area contributed by atoms with Crippen molar-refractivity contribution in [3.05, 3.63) is 46.0 Å². The normalized spacial score (nSPS) is 19.6. The molecule has 20 heavy (non-hydrogen) atoms. The standard InChI is InChI=1S/C16H21N3S/c1-11-3-4-15(12(2)7-11)13-5-6-19(9-13)10-14-8-18-16(17)20-14/h3-4,7-8,13H,5-6,9-10H2,1-2H3,(H2,17,18). The molecule has 106 valence electrons. The zero-order chi connectivity index (χ0) is 14.1. The maximum atomic E-state index is 5.69. The Balaban J connectivity index is 1.67. The summed E-state index contributed by atoms with van der Waals surface area (Å²) in [5.41, 5.74) is 9.99. The number of aryl methyl sites for hydroxylation is 2. The average Bonchev–Trinajstić information content (AvgIpc) is 2.99. The number of nitrogens with zero attached hydrogens (tertiary/aromatic N) is 2. The van der Waals surface area contributed by atoms with Crippen LogP contribution in [0.5, 0.6) is 0 Å². The van der Waals surface area contributed by atoms with Crippen LogP contribution in [0.25, 0.3) is 0 Å². The molecule has 0 amide bonds. The van der Waals surface area contributed by atoms with Crippen LogP contribution in [0, 0.1) is 13.8 Å². The van der Waals surface area contributed by atoms with Crippen molar-refractivity contribution in [2.45, 2.75) is 32.7 Å². The van der Waals surface area contributed by atoms with Gasteiger partial charge in [-0.2, -0.15) is 0 Å². The molecule has 0 saturated carbocycles. The van der Waals surface area contributed by atoms with Crippen molar-refractivity contribution >= 4 is 16.5 Å². The third kappa shape index (κ3) is 2.86. The molecule has 0 spiro atoms. The maximum Gasteiger partial charge on any atom is 0.180 e. The van der Waals surface area contributed by atoms with Gasteiger partial charge in [0.15, 0.2) is 5.13 Å². The van der Waals surface area contributed by atoms with Crippen molar-refractivity contribution in [2.24, 2.45) is 0 Å². The van der Waals surface area contributed by atoms with E-state index in [-0.39, 0.29) is 0 Å². The van der Waals surface area contributed by atoms with E-state index in [9.17, 15) is 0 Å². The molecule has 1 fully saturated rings. The summed E-state index contributed by atoms with van der Waals surface area (Å²) in [6, 6.07) is 6.83. The molecule has 2 aromatic rings. The molecule has 1 unspecified atom stereocenters. The van der Waals surface area contributed by atoms with E-state index in [1.807, 2.05) is 6.20 Å². The van der Waals surface area contributed by atoms with E-state index < -0.39 is 0 Å². The van der Waals surface area contributed by atoms with Crippen LogP contribution in [0.1, 0.15) is 33.9 Å². The minimum atomic E-state index is 0.667. The molecule has 1 aromatic carbocycles. The van der Waals surface area contributed by atoms with Gasteiger partial charge in [0.05, 0.1) is 0 Å². The van der Waals surface area contributed by atoms with Crippen molar-refractivity contribution in [2.75, 3.05) is 18.8 Å². The Bertz CT molecular complexity index is 606. The fraction of sp³-hybridized carbons (Fsp3) is 0.438. The topological polar surface area (TPSA) is 42.2 Å². The highest BCUT2D eigenvalue weighted by Gasteiger charge is 2.25. The van der Waals surface area contributed by atoms with Crippen molar-refractivity contribution in [3.8, 4) is 0 Å². The van der Waals surface area contributed by atoms with E-state index in [1.54, 1.807) is 11.3 Å². The molecule has 4 heteroatoms. The second-order valence-corrected chi connectivity index (χ2v) is 6.89. The number of hydrogen-bond acceptors (Lipinski definition) is 4. The van der Waals surface area contributed by atoms with Crippen LogP contribution >= 0.6 is 11.3 Å². The molecule has 2 N–H and O–H groups in total. The number of nitrogen functional groups attached to an aromatic ring is 1. The van der Waals surface area contributed by atoms with Gasteiger partial charge in [0, 0.05) is 24.2 Å². The van der Waals surface area contributed by atoms with Gasteiger partial charge in [-0.05, 0) is 43.9 Å². The molecule has 3 nitrogen and oxygen atoms in total. The van der Waals surface area contributed by atoms with Gasteiger partial charge in [-0.25, -0.2) is 4.98 Å². The summed E-state index contributed by atoms with van der Waals surface area (Å²) in [6.07, 6.45) is 3.16. The van der Waals surface area contributed by atoms with E-state index in [0.717, 1.165) is 19.6 Å². The van der Waals surface area contributed by atoms with Crippen LogP contribution in [0.4, 0.5) is 5.13 Å². The number of rotatable bonds is 3. The lowest BCUT2D eigenvalue weighted by Gasteiger charge is -2.16. The first kappa shape index (κ1) is 13.6. The summed E-state index contributed by atoms with van der Waals surface area (Å²) in [5, 5.41) is 0.671. The van der Waals surface area contributed by atoms with E-state index >= 15 is 0 Å². The molecule has 0 aliphatic carbocycles. The predicted molar refractivity (Wildman–Crippen MR) is 85.1 cm³/mol. The number of likely N-dealkylation sites (tertiary alicyclic amines) is 1. The Labute approximate surface area is 124 Å². The third-order valence-corrected chi connectivity index (χ3v) is 4.90. The van der Waals surface area contributed by atoms with Crippen LogP contribution < -0.4 is 5.73 Å². The zero-order valence-corrected chi connectivity index (χ0v) is 12.9. The van der Waals surface area contributed by atoms with Crippen molar-refractivity contribution in [3.63, 3.8) is 0 Å². The van der Waals surface area contributed by atoms with Crippen molar-refractivity contribution in [1.29, 1.82) is 0 Å². The fourth-order valence-electron chi connectivity index (χ4n) is 3.13. The molecular formula is C16H21N3S. The first-order valence-corrected chi connectivity index (χ1v) is 7.93. The molecular weight excluding hydrogens is 266 g/mol. The summed E-state index contributed by atoms with van der Waals surface area (Å²) in [6.45, 7) is 7.68. The molecule has 3 rings (SSSR count). The highest BCUT2D eigenvalue weighted by atomic mass is 32.1. The Morgan fingerprint density at radius 1 is 1.40 bits per heavy atom. The van der Waals surface area contributed by atoms with Crippen LogP contribution in [0.3, 0.4) is 0 Å². The second kappa shape index (κ2) is 5.54. The largest absolute Gasteiger partial charge is 0.375 e. The number of benzene rings is 1. The monoisotopic (exact) mass is 287 g/mol. The second-order valence-electron chi connectivity index (χ2n) is 5.75. The maximum absolute atomic E-state index is 5.69. The summed E-state index contributed by atoms with van der Waals surface area (Å²) in [5.74, 6) is 0.667. The molecule has 1 aliphatic rings. The highest BCUT2D eigenvalue weighted by Crippen LogP contribution is 2.31. The smallest absolute Gasteiger partial charge is 0.180 e. The van der Waals surface area contributed by atoms with E-state index in [1.165, 1.54) is 28.0 Å². The SMILES string of the molecule is Cc1ccc(C2CCN(Cc3cnc(N)s3)C2)c(C)c1. The van der Waals surface area contributed by atoms with Crippen molar-refractivity contribution < 1.29 is 0 Å². The molecule has 2 heterocycles. The van der Waals surface area contributed by atoms with Gasteiger partial charge in [-0.15, -0.1) is 11.3 Å². The quantitative estimate of drug-likeness (QED) is 0.941. The lowest BCUT2D eigenvalue weighted by atomic mass is 9.93. The summed E-state index contributed by atoms with van der Waals surface area (Å²) in [7, 11) is 0. The molecule has 1 aromatic heterocycles. The minimum Gasteiger partial charge on any atom is -0.375 e. The van der Waals surface area contributed by atoms with Crippen LogP contribution in [0.2, 0.25) is 0 Å². The zero-order valence-electron chi connectivity index (χ0n) is 12.1. The van der Waals surface area contributed by atoms with E-state index in [2.05, 4.69) is 41.9 Å². The van der Waals surface area contributed by atoms with Crippen LogP contribution in [0.15, 0.2) is 24.4 Å². The molecule has 0 radical (unpaired) electrons. The van der Waals surface area contributed by atoms with E-state index in [0.29, 0.717) is 11.0 Å². The van der Waals surface area contributed by atoms with Gasteiger partial charge in [0.25, 0.3) is 0 Å². The average molecular weight is 287 g/mol. The fourth-order valence-corrected chi connectivity index (χ4v) is 3.86. The van der Waals surface area contributed by atoms with E-state index in [4.69, 9.17) is 5.73 Å². The highest BCUT2D eigenvalue weighted by molar-refractivity contribution is 7.15. The first-order chi connectivity index (χ1) is 9.61. The Morgan fingerprint density at radius 3 is 2.95 bits per heavy atom. The van der Waals surface area contributed by atoms with Crippen molar-refractivity contribution in [1.82, 2.24) is 9.88 Å². The van der Waals surface area contributed by atoms with Gasteiger partial charge in [-0.3, -0.25) is 4.90 Å². The van der Waals surface area contributed by atoms with Crippen LogP contribution in [-0.2, 0) is 6.54 Å². The lowest BCUT2D eigenvalue weighted by Crippen LogP contribution is -2.19. The molecule has 1 saturated heterocycles. The molecule has 1 aliphatic heterocycles. The summed E-state index contributed by atoms with van der Waals surface area (Å²) < 4.78 is 0. The number of hydrogen-bond donors (Lipinski definition) is 1. The lowest BCUT2D eigenvalue weighted by molar-refractivity contribution is 0.329. The Morgan fingerprint density at radius 2 is 2.25 bits per heavy atom. The van der Waals surface area contributed by atoms with Gasteiger partial charge >= 0.3 is 0 Å². The Kier molecular flexibility index (Phi) is 3.76. The van der Waals surface area contributed by atoms with Gasteiger partial charge in [0.1, 0.15) is 0 Å². The van der Waals surface area contributed by atoms with Gasteiger partial charge in [0.2, 0.25) is 0 Å². The number of aromatic nitrogens is 1. The summed E-state index contributed by atoms with van der Waals surface area (Å²) in [4.78, 5) is 7.91. The Hall–Kier alpha value is -1.39. The minimum absolute atomic E-state index is 0.667. The molecule has 0 bridgehead atoms. The van der Waals surface area contributed by atoms with Gasteiger partial charge in [-0.1, -0.05) is 23.8 Å². The summed E-state index contributed by atoms with van der Waals surface area (Å²) >= 11 is 1.60. The number of nitrogens with two attached hydrogens (primary N) is 1. The third-order valence-electron chi connectivity index (χ3n) is 4.09. The number of thiazole rings is 1. The van der Waals surface area contributed by atoms with Crippen LogP contribution in [-0.4, -0.2) is 23.0 Å². The molecule has 1 atom stereocenters. The predicted octanol–water partition coefficient (Wildman–Crippen LogP) is 3.33. The number of anilines is 1. The van der Waals surface area contributed by atoms with Gasteiger partial charge < -0.3 is 5.73 Å². The first-order valence-electron chi connectivity index (χ1n) is 7.11.